The molecule has 22 heavy (non-hydrogen) atoms. The molecule has 0 aliphatic heterocycles. The van der Waals surface area contributed by atoms with Crippen LogP contribution in [0.15, 0.2) is 36.7 Å². The van der Waals surface area contributed by atoms with E-state index in [1.54, 1.807) is 0 Å². The predicted molar refractivity (Wildman–Crippen MR) is 84.6 cm³/mol. The Labute approximate surface area is 130 Å². The van der Waals surface area contributed by atoms with Gasteiger partial charge >= 0.3 is 0 Å². The molecule has 1 fully saturated rings. The quantitative estimate of drug-likeness (QED) is 0.887. The third kappa shape index (κ3) is 4.11. The molecule has 6 heteroatoms. The Balaban J connectivity index is 1.63. The molecule has 2 aromatic rings. The van der Waals surface area contributed by atoms with Crippen LogP contribution >= 0.6 is 0 Å². The van der Waals surface area contributed by atoms with E-state index in [0.29, 0.717) is 11.6 Å². The summed E-state index contributed by atoms with van der Waals surface area (Å²) in [6, 6.07) is 9.42. The molecule has 1 N–H and O–H groups in total. The van der Waals surface area contributed by atoms with Gasteiger partial charge in [-0.25, -0.2) is 23.1 Å². The Bertz CT molecular complexity index is 770. The maximum absolute atomic E-state index is 12.2. The summed E-state index contributed by atoms with van der Waals surface area (Å²) in [5.41, 5.74) is 3.57. The van der Waals surface area contributed by atoms with Crippen LogP contribution in [0.5, 0.6) is 0 Å². The van der Waals surface area contributed by atoms with E-state index in [-0.39, 0.29) is 12.3 Å². The summed E-state index contributed by atoms with van der Waals surface area (Å²) in [4.78, 5) is 8.37. The minimum absolute atomic E-state index is 0.0186. The largest absolute Gasteiger partial charge is 0.241 e. The van der Waals surface area contributed by atoms with E-state index < -0.39 is 10.0 Å². The molecule has 0 atom stereocenters. The third-order valence-electron chi connectivity index (χ3n) is 3.65. The van der Waals surface area contributed by atoms with Crippen molar-refractivity contribution in [1.29, 1.82) is 0 Å². The zero-order valence-electron chi connectivity index (χ0n) is 12.5. The fourth-order valence-corrected chi connectivity index (χ4v) is 3.46. The van der Waals surface area contributed by atoms with Gasteiger partial charge in [0.15, 0.2) is 0 Å². The monoisotopic (exact) mass is 317 g/mol. The van der Waals surface area contributed by atoms with E-state index in [9.17, 15) is 8.42 Å². The molecule has 3 rings (SSSR count). The molecule has 116 valence electrons. The van der Waals surface area contributed by atoms with Gasteiger partial charge in [0.2, 0.25) is 10.0 Å². The fourth-order valence-electron chi connectivity index (χ4n) is 2.37. The van der Waals surface area contributed by atoms with Crippen LogP contribution in [0.2, 0.25) is 0 Å². The van der Waals surface area contributed by atoms with Crippen LogP contribution in [-0.2, 0) is 22.3 Å². The Morgan fingerprint density at radius 1 is 1.23 bits per heavy atom. The second-order valence-electron chi connectivity index (χ2n) is 5.78. The minimum Gasteiger partial charge on any atom is -0.241 e. The molecule has 1 aliphatic carbocycles. The Morgan fingerprint density at radius 2 is 2.05 bits per heavy atom. The van der Waals surface area contributed by atoms with E-state index in [4.69, 9.17) is 0 Å². The minimum atomic E-state index is -3.38. The molecule has 0 amide bonds. The van der Waals surface area contributed by atoms with Gasteiger partial charge in [-0.1, -0.05) is 29.8 Å². The molecular formula is C16H19N3O2S. The Hall–Kier alpha value is -1.79. The summed E-state index contributed by atoms with van der Waals surface area (Å²) in [5.74, 6) is 0.514. The SMILES string of the molecule is Cc1cccc(CS(=O)(=O)NCc2cc(C3CC3)ncn2)c1. The maximum atomic E-state index is 12.2. The summed E-state index contributed by atoms with van der Waals surface area (Å²) >= 11 is 0. The van der Waals surface area contributed by atoms with Crippen molar-refractivity contribution in [2.24, 2.45) is 0 Å². The van der Waals surface area contributed by atoms with E-state index >= 15 is 0 Å². The molecule has 0 radical (unpaired) electrons. The summed E-state index contributed by atoms with van der Waals surface area (Å²) < 4.78 is 26.9. The Morgan fingerprint density at radius 3 is 2.77 bits per heavy atom. The molecule has 0 unspecified atom stereocenters. The van der Waals surface area contributed by atoms with Crippen molar-refractivity contribution in [2.45, 2.75) is 38.0 Å². The first-order chi connectivity index (χ1) is 10.5. The van der Waals surface area contributed by atoms with Crippen molar-refractivity contribution < 1.29 is 8.42 Å². The number of aryl methyl sites for hydroxylation is 1. The topological polar surface area (TPSA) is 72.0 Å². The molecule has 1 aromatic heterocycles. The summed E-state index contributed by atoms with van der Waals surface area (Å²) in [5, 5.41) is 0. The van der Waals surface area contributed by atoms with E-state index in [0.717, 1.165) is 29.7 Å². The molecule has 1 aliphatic rings. The summed E-state index contributed by atoms with van der Waals surface area (Å²) in [6.45, 7) is 2.15. The van der Waals surface area contributed by atoms with Crippen molar-refractivity contribution in [3.8, 4) is 0 Å². The lowest BCUT2D eigenvalue weighted by molar-refractivity contribution is 0.579. The first kappa shape index (κ1) is 15.1. The van der Waals surface area contributed by atoms with Crippen LogP contribution in [0.25, 0.3) is 0 Å². The van der Waals surface area contributed by atoms with E-state index in [1.807, 2.05) is 37.3 Å². The highest BCUT2D eigenvalue weighted by atomic mass is 32.2. The van der Waals surface area contributed by atoms with E-state index in [1.165, 1.54) is 6.33 Å². The van der Waals surface area contributed by atoms with Crippen LogP contribution in [0.1, 0.15) is 41.3 Å². The molecule has 0 bridgehead atoms. The average Bonchev–Trinajstić information content (AvgIpc) is 3.30. The zero-order chi connectivity index (χ0) is 15.6. The van der Waals surface area contributed by atoms with Crippen molar-refractivity contribution in [2.75, 3.05) is 0 Å². The molecule has 1 heterocycles. The van der Waals surface area contributed by atoms with Gasteiger partial charge < -0.3 is 0 Å². The maximum Gasteiger partial charge on any atom is 0.216 e. The number of sulfonamides is 1. The number of rotatable bonds is 6. The lowest BCUT2D eigenvalue weighted by Gasteiger charge is -2.08. The lowest BCUT2D eigenvalue weighted by atomic mass is 10.2. The van der Waals surface area contributed by atoms with Gasteiger partial charge in [0.05, 0.1) is 18.0 Å². The predicted octanol–water partition coefficient (Wildman–Crippen LogP) is 2.28. The Kier molecular flexibility index (Phi) is 4.22. The van der Waals surface area contributed by atoms with Crippen LogP contribution < -0.4 is 4.72 Å². The van der Waals surface area contributed by atoms with Crippen molar-refractivity contribution in [1.82, 2.24) is 14.7 Å². The summed E-state index contributed by atoms with van der Waals surface area (Å²) in [6.07, 6.45) is 3.84. The van der Waals surface area contributed by atoms with Crippen molar-refractivity contribution in [3.63, 3.8) is 0 Å². The number of aromatic nitrogens is 2. The smallest absolute Gasteiger partial charge is 0.216 e. The normalized spacial score (nSPS) is 15.0. The molecular weight excluding hydrogens is 298 g/mol. The van der Waals surface area contributed by atoms with Crippen molar-refractivity contribution >= 4 is 10.0 Å². The molecule has 5 nitrogen and oxygen atoms in total. The van der Waals surface area contributed by atoms with Gasteiger partial charge in [-0.3, -0.25) is 0 Å². The van der Waals surface area contributed by atoms with Gasteiger partial charge in [0.25, 0.3) is 0 Å². The number of nitrogens with one attached hydrogen (secondary N) is 1. The van der Waals surface area contributed by atoms with Crippen LogP contribution in [-0.4, -0.2) is 18.4 Å². The molecule has 0 spiro atoms. The first-order valence-corrected chi connectivity index (χ1v) is 9.01. The number of hydrogen-bond acceptors (Lipinski definition) is 4. The second-order valence-corrected chi connectivity index (χ2v) is 7.58. The van der Waals surface area contributed by atoms with Crippen LogP contribution in [0.3, 0.4) is 0 Å². The molecule has 0 saturated heterocycles. The summed E-state index contributed by atoms with van der Waals surface area (Å²) in [7, 11) is -3.38. The standard InChI is InChI=1S/C16H19N3O2S/c1-12-3-2-4-13(7-12)10-22(20,21)19-9-15-8-16(14-5-6-14)18-11-17-15/h2-4,7-8,11,14,19H,5-6,9-10H2,1H3. The van der Waals surface area contributed by atoms with Gasteiger partial charge in [0.1, 0.15) is 6.33 Å². The third-order valence-corrected chi connectivity index (χ3v) is 4.95. The second kappa shape index (κ2) is 6.14. The highest BCUT2D eigenvalue weighted by Gasteiger charge is 2.25. The zero-order valence-corrected chi connectivity index (χ0v) is 13.3. The van der Waals surface area contributed by atoms with Crippen molar-refractivity contribution in [3.05, 3.63) is 59.2 Å². The lowest BCUT2D eigenvalue weighted by Crippen LogP contribution is -2.25. The van der Waals surface area contributed by atoms with Crippen LogP contribution in [0, 0.1) is 6.92 Å². The molecule has 1 saturated carbocycles. The van der Waals surface area contributed by atoms with Gasteiger partial charge in [-0.05, 0) is 31.4 Å². The first-order valence-electron chi connectivity index (χ1n) is 7.35. The average molecular weight is 317 g/mol. The highest BCUT2D eigenvalue weighted by Crippen LogP contribution is 2.38. The molecule has 1 aromatic carbocycles. The van der Waals surface area contributed by atoms with Gasteiger partial charge in [-0.15, -0.1) is 0 Å². The number of hydrogen-bond donors (Lipinski definition) is 1. The number of nitrogens with zero attached hydrogens (tertiary/aromatic N) is 2. The van der Waals surface area contributed by atoms with Gasteiger partial charge in [-0.2, -0.15) is 0 Å². The van der Waals surface area contributed by atoms with Crippen LogP contribution in [0.4, 0.5) is 0 Å². The fraction of sp³-hybridized carbons (Fsp3) is 0.375. The highest BCUT2D eigenvalue weighted by molar-refractivity contribution is 7.88. The van der Waals surface area contributed by atoms with Gasteiger partial charge in [0, 0.05) is 11.6 Å². The number of benzene rings is 1. The van der Waals surface area contributed by atoms with E-state index in [2.05, 4.69) is 14.7 Å².